The number of benzene rings is 1. The van der Waals surface area contributed by atoms with E-state index in [9.17, 15) is 9.59 Å². The van der Waals surface area contributed by atoms with Crippen molar-refractivity contribution in [1.82, 2.24) is 5.43 Å². The first-order chi connectivity index (χ1) is 13.1. The van der Waals surface area contributed by atoms with Crippen LogP contribution in [0.4, 0.5) is 5.69 Å². The van der Waals surface area contributed by atoms with E-state index in [2.05, 4.69) is 10.9 Å². The van der Waals surface area contributed by atoms with Gasteiger partial charge in [-0.15, -0.1) is 0 Å². The van der Waals surface area contributed by atoms with Crippen LogP contribution in [0.5, 0.6) is 0 Å². The van der Waals surface area contributed by atoms with E-state index in [1.54, 1.807) is 0 Å². The van der Waals surface area contributed by atoms with Crippen molar-refractivity contribution >= 4 is 17.4 Å². The smallest absolute Gasteiger partial charge is 0.308 e. The molecular weight excluding hydrogens is 354 g/mol. The summed E-state index contributed by atoms with van der Waals surface area (Å²) >= 11 is 0. The van der Waals surface area contributed by atoms with E-state index in [1.807, 2.05) is 59.7 Å². The molecule has 1 aromatic carbocycles. The topological polar surface area (TPSA) is 93.5 Å². The van der Waals surface area contributed by atoms with Crippen molar-refractivity contribution in [2.45, 2.75) is 73.5 Å². The summed E-state index contributed by atoms with van der Waals surface area (Å²) in [5.74, 6) is -0.169. The minimum Gasteiger partial charge on any atom is -0.461 e. The fraction of sp³-hybridized carbons (Fsp3) is 0.636. The minimum atomic E-state index is -0.415. The summed E-state index contributed by atoms with van der Waals surface area (Å²) in [5, 5.41) is 0. The number of nitrogens with two attached hydrogens (primary N) is 1. The molecule has 0 bridgehead atoms. The first kappa shape index (κ1) is 24.1. The molecule has 0 fully saturated rings. The van der Waals surface area contributed by atoms with E-state index in [0.29, 0.717) is 6.54 Å². The highest BCUT2D eigenvalue weighted by molar-refractivity contribution is 5.88. The van der Waals surface area contributed by atoms with Gasteiger partial charge in [-0.1, -0.05) is 47.1 Å². The van der Waals surface area contributed by atoms with Gasteiger partial charge in [0.25, 0.3) is 0 Å². The molecule has 0 saturated heterocycles. The second-order valence-electron chi connectivity index (χ2n) is 8.62. The number of ketones is 1. The molecule has 6 nitrogen and oxygen atoms in total. The van der Waals surface area contributed by atoms with Crippen LogP contribution < -0.4 is 16.6 Å². The van der Waals surface area contributed by atoms with Gasteiger partial charge in [0.1, 0.15) is 6.61 Å². The lowest BCUT2D eigenvalue weighted by molar-refractivity contribution is -0.148. The molecule has 1 aromatic rings. The molecule has 6 heteroatoms. The van der Waals surface area contributed by atoms with Crippen LogP contribution in [0, 0.1) is 18.3 Å². The van der Waals surface area contributed by atoms with Crippen LogP contribution in [0.2, 0.25) is 0 Å². The molecule has 0 aliphatic rings. The maximum Gasteiger partial charge on any atom is 0.308 e. The highest BCUT2D eigenvalue weighted by Gasteiger charge is 2.29. The van der Waals surface area contributed by atoms with Gasteiger partial charge in [-0.2, -0.15) is 0 Å². The number of carbonyl (C=O) groups is 2. The average molecular weight is 392 g/mol. The lowest BCUT2D eigenvalue weighted by atomic mass is 9.85. The summed E-state index contributed by atoms with van der Waals surface area (Å²) < 4.78 is 5.30. The number of hydrazine groups is 1. The van der Waals surface area contributed by atoms with Crippen LogP contribution in [-0.2, 0) is 20.9 Å². The average Bonchev–Trinajstić information content (AvgIpc) is 2.62. The third-order valence-electron chi connectivity index (χ3n) is 4.58. The van der Waals surface area contributed by atoms with Crippen molar-refractivity contribution in [2.24, 2.45) is 17.1 Å². The lowest BCUT2D eigenvalue weighted by Crippen LogP contribution is -2.45. The van der Waals surface area contributed by atoms with Gasteiger partial charge in [0.2, 0.25) is 0 Å². The highest BCUT2D eigenvalue weighted by atomic mass is 16.5. The number of nitrogens with one attached hydrogen (secondary N) is 2. The lowest BCUT2D eigenvalue weighted by Gasteiger charge is -2.26. The third kappa shape index (κ3) is 7.98. The summed E-state index contributed by atoms with van der Waals surface area (Å²) in [6.45, 7) is 12.3. The van der Waals surface area contributed by atoms with Gasteiger partial charge >= 0.3 is 5.97 Å². The second kappa shape index (κ2) is 11.2. The second-order valence-corrected chi connectivity index (χ2v) is 8.62. The summed E-state index contributed by atoms with van der Waals surface area (Å²) in [7, 11) is 0. The largest absolute Gasteiger partial charge is 0.461 e. The molecule has 28 heavy (non-hydrogen) atoms. The maximum absolute atomic E-state index is 12.7. The number of esters is 1. The van der Waals surface area contributed by atoms with Gasteiger partial charge in [0, 0.05) is 11.1 Å². The number of hydrogen-bond donors (Lipinski definition) is 3. The van der Waals surface area contributed by atoms with E-state index >= 15 is 0 Å². The quantitative estimate of drug-likeness (QED) is 0.302. The third-order valence-corrected chi connectivity index (χ3v) is 4.58. The Morgan fingerprint density at radius 2 is 1.86 bits per heavy atom. The van der Waals surface area contributed by atoms with Crippen LogP contribution in [-0.4, -0.2) is 24.3 Å². The van der Waals surface area contributed by atoms with Gasteiger partial charge in [-0.25, -0.2) is 5.43 Å². The van der Waals surface area contributed by atoms with Gasteiger partial charge < -0.3 is 15.9 Å². The van der Waals surface area contributed by atoms with Gasteiger partial charge in [-0.05, 0) is 49.6 Å². The Bertz CT molecular complexity index is 651. The molecule has 0 unspecified atom stereocenters. The number of ether oxygens (including phenoxy) is 1. The Kier molecular flexibility index (Phi) is 9.62. The molecule has 1 rings (SSSR count). The fourth-order valence-corrected chi connectivity index (χ4v) is 2.71. The van der Waals surface area contributed by atoms with Crippen molar-refractivity contribution in [2.75, 3.05) is 12.0 Å². The van der Waals surface area contributed by atoms with Crippen LogP contribution >= 0.6 is 0 Å². The monoisotopic (exact) mass is 391 g/mol. The molecule has 4 N–H and O–H groups in total. The number of hydrogen-bond acceptors (Lipinski definition) is 6. The molecule has 1 atom stereocenters. The molecule has 158 valence electrons. The van der Waals surface area contributed by atoms with Gasteiger partial charge in [0.15, 0.2) is 5.78 Å². The molecule has 0 aromatic heterocycles. The van der Waals surface area contributed by atoms with Gasteiger partial charge in [0.05, 0.1) is 12.0 Å². The predicted molar refractivity (Wildman–Crippen MR) is 114 cm³/mol. The summed E-state index contributed by atoms with van der Waals surface area (Å²) in [4.78, 5) is 24.4. The summed E-state index contributed by atoms with van der Waals surface area (Å²) in [6, 6.07) is 5.54. The zero-order valence-electron chi connectivity index (χ0n) is 18.2. The normalized spacial score (nSPS) is 12.7. The molecule has 0 spiro atoms. The number of anilines is 1. The van der Waals surface area contributed by atoms with Crippen LogP contribution in [0.15, 0.2) is 18.2 Å². The van der Waals surface area contributed by atoms with E-state index < -0.39 is 5.41 Å². The summed E-state index contributed by atoms with van der Waals surface area (Å²) in [6.07, 6.45) is 2.54. The Balaban J connectivity index is 2.72. The van der Waals surface area contributed by atoms with Gasteiger partial charge in [-0.3, -0.25) is 9.59 Å². The minimum absolute atomic E-state index is 0.137. The van der Waals surface area contributed by atoms with E-state index in [4.69, 9.17) is 10.5 Å². The van der Waals surface area contributed by atoms with Crippen molar-refractivity contribution in [3.8, 4) is 0 Å². The Labute approximate surface area is 169 Å². The molecule has 0 amide bonds. The number of carbonyl (C=O) groups excluding carboxylic acids is 2. The molecule has 0 aliphatic heterocycles. The zero-order valence-corrected chi connectivity index (χ0v) is 18.2. The van der Waals surface area contributed by atoms with Crippen molar-refractivity contribution in [3.05, 3.63) is 29.3 Å². The number of Topliss-reactive ketones (excluding diaryl/α,β-unsaturated/α-hetero) is 1. The Hall–Kier alpha value is -1.92. The van der Waals surface area contributed by atoms with Crippen LogP contribution in [0.25, 0.3) is 0 Å². The molecule has 0 radical (unpaired) electrons. The highest BCUT2D eigenvalue weighted by Crippen LogP contribution is 2.20. The van der Waals surface area contributed by atoms with Crippen molar-refractivity contribution in [1.29, 1.82) is 0 Å². The number of rotatable bonds is 11. The molecular formula is C22H37N3O3. The number of unbranched alkanes of at least 4 members (excludes halogenated alkanes) is 1. The van der Waals surface area contributed by atoms with Crippen LogP contribution in [0.1, 0.15) is 65.0 Å². The van der Waals surface area contributed by atoms with E-state index in [1.165, 1.54) is 0 Å². The summed E-state index contributed by atoms with van der Waals surface area (Å²) in [5.41, 5.74) is 14.4. The molecule has 0 saturated carbocycles. The van der Waals surface area contributed by atoms with E-state index in [0.717, 1.165) is 36.1 Å². The first-order valence-corrected chi connectivity index (χ1v) is 10.1. The molecule has 0 heterocycles. The maximum atomic E-state index is 12.7. The fourth-order valence-electron chi connectivity index (χ4n) is 2.71. The van der Waals surface area contributed by atoms with Crippen LogP contribution in [0.3, 0.4) is 0 Å². The molecule has 0 aliphatic carbocycles. The van der Waals surface area contributed by atoms with Crippen molar-refractivity contribution in [3.63, 3.8) is 0 Å². The SMILES string of the molecule is Cc1cc(NN[C@@H](CCCCN)C(=O)C(C)(C)C)ccc1COC(=O)C(C)C. The Morgan fingerprint density at radius 1 is 1.18 bits per heavy atom. The first-order valence-electron chi connectivity index (χ1n) is 10.1. The standard InChI is InChI=1S/C22H37N3O3/c1-15(2)21(27)28-14-17-10-11-18(13-16(17)3)24-25-19(9-7-8-12-23)20(26)22(4,5)6/h10-11,13,15,19,24-25H,7-9,12,14,23H2,1-6H3/t19-/m0/s1. The number of aryl methyl sites for hydroxylation is 1. The zero-order chi connectivity index (χ0) is 21.3. The van der Waals surface area contributed by atoms with E-state index in [-0.39, 0.29) is 30.3 Å². The Morgan fingerprint density at radius 3 is 2.39 bits per heavy atom. The predicted octanol–water partition coefficient (Wildman–Crippen LogP) is 3.72. The van der Waals surface area contributed by atoms with Crippen molar-refractivity contribution < 1.29 is 14.3 Å².